The third-order valence-corrected chi connectivity index (χ3v) is 4.44. The summed E-state index contributed by atoms with van der Waals surface area (Å²) in [7, 11) is 1.30. The Morgan fingerprint density at radius 3 is 2.59 bits per heavy atom. The Balaban J connectivity index is 1.76. The van der Waals surface area contributed by atoms with E-state index in [0.29, 0.717) is 23.9 Å². The predicted molar refractivity (Wildman–Crippen MR) is 101 cm³/mol. The van der Waals surface area contributed by atoms with Gasteiger partial charge in [0.1, 0.15) is 6.54 Å². The number of hydrogen-bond donors (Lipinski definition) is 1. The molecule has 142 valence electrons. The number of nitrogens with one attached hydrogen (secondary N) is 1. The van der Waals surface area contributed by atoms with E-state index in [2.05, 4.69) is 20.3 Å². The lowest BCUT2D eigenvalue weighted by Crippen LogP contribution is -2.50. The molecule has 0 radical (unpaired) electrons. The second kappa shape index (κ2) is 8.12. The lowest BCUT2D eigenvalue weighted by Gasteiger charge is -2.29. The summed E-state index contributed by atoms with van der Waals surface area (Å²) >= 11 is 5.31. The average Bonchev–Trinajstić information content (AvgIpc) is 3.33. The molecule has 1 aromatic carbocycles. The van der Waals surface area contributed by atoms with Crippen molar-refractivity contribution >= 4 is 29.2 Å². The fourth-order valence-electron chi connectivity index (χ4n) is 2.72. The van der Waals surface area contributed by atoms with Crippen LogP contribution in [0.3, 0.4) is 0 Å². The summed E-state index contributed by atoms with van der Waals surface area (Å²) in [6.45, 7) is 2.77. The Morgan fingerprint density at radius 1 is 1.19 bits per heavy atom. The minimum absolute atomic E-state index is 0.0585. The number of carbonyl (C=O) groups excluding carboxylic acids is 2. The van der Waals surface area contributed by atoms with Gasteiger partial charge in [0.2, 0.25) is 0 Å². The van der Waals surface area contributed by atoms with Crippen molar-refractivity contribution in [2.75, 3.05) is 26.7 Å². The number of amides is 1. The largest absolute Gasteiger partial charge is 0.468 e. The molecular formula is C17H20N6O3S. The molecule has 10 heteroatoms. The summed E-state index contributed by atoms with van der Waals surface area (Å²) in [6, 6.07) is 9.38. The molecule has 3 rings (SSSR count). The number of methoxy groups -OCH3 is 1. The second-order valence-electron chi connectivity index (χ2n) is 5.90. The molecule has 1 amide bonds. The third kappa shape index (κ3) is 4.05. The number of nitrogens with zero attached hydrogens (tertiary/aromatic N) is 5. The van der Waals surface area contributed by atoms with Crippen molar-refractivity contribution in [1.82, 2.24) is 30.3 Å². The van der Waals surface area contributed by atoms with Crippen LogP contribution in [0.1, 0.15) is 22.6 Å². The van der Waals surface area contributed by atoms with E-state index in [1.165, 1.54) is 16.9 Å². The number of esters is 1. The molecule has 27 heavy (non-hydrogen) atoms. The Hall–Kier alpha value is -3.01. The van der Waals surface area contributed by atoms with Gasteiger partial charge in [-0.25, -0.2) is 5.01 Å². The van der Waals surface area contributed by atoms with Crippen LogP contribution in [0, 0.1) is 6.92 Å². The summed E-state index contributed by atoms with van der Waals surface area (Å²) < 4.78 is 4.59. The van der Waals surface area contributed by atoms with Gasteiger partial charge in [-0.3, -0.25) is 14.6 Å². The number of carbonyl (C=O) groups is 2. The van der Waals surface area contributed by atoms with Gasteiger partial charge in [0.05, 0.1) is 18.5 Å². The minimum Gasteiger partial charge on any atom is -0.468 e. The molecule has 1 aromatic heterocycles. The molecule has 1 N–H and O–H groups in total. The number of ether oxygens (including phenoxy) is 1. The number of para-hydroxylation sites is 1. The molecule has 0 atom stereocenters. The first-order chi connectivity index (χ1) is 13.0. The zero-order chi connectivity index (χ0) is 19.4. The fraction of sp³-hybridized carbons (Fsp3) is 0.353. The van der Waals surface area contributed by atoms with E-state index in [1.54, 1.807) is 11.9 Å². The molecule has 0 saturated carbocycles. The zero-order valence-electron chi connectivity index (χ0n) is 15.1. The molecule has 0 spiro atoms. The van der Waals surface area contributed by atoms with E-state index in [0.717, 1.165) is 12.1 Å². The molecule has 0 bridgehead atoms. The molecule has 1 aliphatic heterocycles. The number of aromatic nitrogens is 3. The van der Waals surface area contributed by atoms with Crippen LogP contribution in [0.25, 0.3) is 5.69 Å². The Bertz CT molecular complexity index is 854. The maximum absolute atomic E-state index is 13.0. The molecule has 2 aromatic rings. The number of hydrazine groups is 1. The highest BCUT2D eigenvalue weighted by Crippen LogP contribution is 2.17. The van der Waals surface area contributed by atoms with Crippen molar-refractivity contribution in [1.29, 1.82) is 0 Å². The van der Waals surface area contributed by atoms with Gasteiger partial charge in [-0.2, -0.15) is 9.90 Å². The van der Waals surface area contributed by atoms with Gasteiger partial charge in [-0.1, -0.05) is 18.2 Å². The van der Waals surface area contributed by atoms with Crippen LogP contribution in [0.5, 0.6) is 0 Å². The Labute approximate surface area is 161 Å². The van der Waals surface area contributed by atoms with E-state index < -0.39 is 5.97 Å². The molecule has 0 aliphatic carbocycles. The fourth-order valence-corrected chi connectivity index (χ4v) is 2.98. The smallest absolute Gasteiger partial charge is 0.325 e. The number of rotatable bonds is 4. The third-order valence-electron chi connectivity index (χ3n) is 4.08. The van der Waals surface area contributed by atoms with Gasteiger partial charge in [0.15, 0.2) is 10.8 Å². The van der Waals surface area contributed by atoms with Crippen LogP contribution >= 0.6 is 12.2 Å². The van der Waals surface area contributed by atoms with Crippen LogP contribution in [0.15, 0.2) is 30.3 Å². The first kappa shape index (κ1) is 18.8. The first-order valence-electron chi connectivity index (χ1n) is 8.44. The normalized spacial score (nSPS) is 13.6. The van der Waals surface area contributed by atoms with Crippen molar-refractivity contribution in [3.63, 3.8) is 0 Å². The maximum Gasteiger partial charge on any atom is 0.325 e. The molecule has 1 fully saturated rings. The van der Waals surface area contributed by atoms with Crippen LogP contribution in [-0.4, -0.2) is 68.7 Å². The summed E-state index contributed by atoms with van der Waals surface area (Å²) in [6.07, 6.45) is 0.762. The number of hydrogen-bond acceptors (Lipinski definition) is 6. The van der Waals surface area contributed by atoms with Crippen molar-refractivity contribution in [2.45, 2.75) is 13.3 Å². The second-order valence-corrected chi connectivity index (χ2v) is 6.29. The van der Waals surface area contributed by atoms with E-state index in [-0.39, 0.29) is 18.1 Å². The lowest BCUT2D eigenvalue weighted by atomic mass is 10.3. The molecule has 1 saturated heterocycles. The first-order valence-corrected chi connectivity index (χ1v) is 8.85. The molecule has 2 heterocycles. The SMILES string of the molecule is COC(=O)CNC(=S)N1CCCN1C(=O)c1nn(-c2ccccc2)nc1C. The van der Waals surface area contributed by atoms with Crippen molar-refractivity contribution in [3.05, 3.63) is 41.7 Å². The van der Waals surface area contributed by atoms with E-state index in [4.69, 9.17) is 12.2 Å². The molecule has 0 unspecified atom stereocenters. The van der Waals surface area contributed by atoms with Gasteiger partial charge in [0.25, 0.3) is 5.91 Å². The molecule has 1 aliphatic rings. The van der Waals surface area contributed by atoms with Crippen LogP contribution in [-0.2, 0) is 9.53 Å². The Kier molecular flexibility index (Phi) is 5.65. The molecule has 9 nitrogen and oxygen atoms in total. The van der Waals surface area contributed by atoms with Gasteiger partial charge < -0.3 is 10.1 Å². The number of aryl methyl sites for hydroxylation is 1. The summed E-state index contributed by atoms with van der Waals surface area (Å²) in [5.41, 5.74) is 1.57. The summed E-state index contributed by atoms with van der Waals surface area (Å²) in [5.74, 6) is -0.717. The monoisotopic (exact) mass is 388 g/mol. The van der Waals surface area contributed by atoms with Gasteiger partial charge in [0, 0.05) is 13.1 Å². The van der Waals surface area contributed by atoms with E-state index >= 15 is 0 Å². The standard InChI is InChI=1S/C17H20N6O3S/c1-12-15(20-23(19-12)13-7-4-3-5-8-13)16(25)21-9-6-10-22(21)17(27)18-11-14(24)26-2/h3-5,7-8H,6,9-11H2,1-2H3,(H,18,27). The topological polar surface area (TPSA) is 92.6 Å². The quantitative estimate of drug-likeness (QED) is 0.604. The molecular weight excluding hydrogens is 368 g/mol. The average molecular weight is 388 g/mol. The van der Waals surface area contributed by atoms with Crippen LogP contribution < -0.4 is 5.32 Å². The van der Waals surface area contributed by atoms with Crippen molar-refractivity contribution in [3.8, 4) is 5.69 Å². The summed E-state index contributed by atoms with van der Waals surface area (Å²) in [4.78, 5) is 25.7. The highest BCUT2D eigenvalue weighted by molar-refractivity contribution is 7.80. The van der Waals surface area contributed by atoms with Gasteiger partial charge in [-0.15, -0.1) is 5.10 Å². The predicted octanol–water partition coefficient (Wildman–Crippen LogP) is 0.686. The van der Waals surface area contributed by atoms with Gasteiger partial charge >= 0.3 is 5.97 Å². The van der Waals surface area contributed by atoms with Gasteiger partial charge in [-0.05, 0) is 37.7 Å². The zero-order valence-corrected chi connectivity index (χ0v) is 15.9. The van der Waals surface area contributed by atoms with Crippen LogP contribution in [0.4, 0.5) is 0 Å². The minimum atomic E-state index is -0.434. The van der Waals surface area contributed by atoms with Crippen molar-refractivity contribution in [2.24, 2.45) is 0 Å². The van der Waals surface area contributed by atoms with Crippen molar-refractivity contribution < 1.29 is 14.3 Å². The number of thiocarbonyl (C=S) groups is 1. The number of benzene rings is 1. The van der Waals surface area contributed by atoms with E-state index in [1.807, 2.05) is 30.3 Å². The summed E-state index contributed by atoms with van der Waals surface area (Å²) in [5, 5.41) is 15.0. The highest BCUT2D eigenvalue weighted by atomic mass is 32.1. The maximum atomic E-state index is 13.0. The lowest BCUT2D eigenvalue weighted by molar-refractivity contribution is -0.139. The Morgan fingerprint density at radius 2 is 1.89 bits per heavy atom. The van der Waals surface area contributed by atoms with E-state index in [9.17, 15) is 9.59 Å². The highest BCUT2D eigenvalue weighted by Gasteiger charge is 2.32. The van der Waals surface area contributed by atoms with Crippen LogP contribution in [0.2, 0.25) is 0 Å².